The Morgan fingerprint density at radius 3 is 2.31 bits per heavy atom. The van der Waals surface area contributed by atoms with Crippen LogP contribution in [0.4, 0.5) is 0 Å². The van der Waals surface area contributed by atoms with Crippen molar-refractivity contribution >= 4 is 0 Å². The number of aliphatic hydroxyl groups excluding tert-OH is 1. The van der Waals surface area contributed by atoms with Gasteiger partial charge in [0.05, 0.1) is 11.5 Å². The lowest BCUT2D eigenvalue weighted by molar-refractivity contribution is -0.126. The van der Waals surface area contributed by atoms with Crippen molar-refractivity contribution < 1.29 is 5.11 Å². The van der Waals surface area contributed by atoms with Crippen LogP contribution >= 0.6 is 0 Å². The average Bonchev–Trinajstić information content (AvgIpc) is 2.12. The van der Waals surface area contributed by atoms with Crippen LogP contribution in [0.1, 0.15) is 32.1 Å². The van der Waals surface area contributed by atoms with E-state index in [1.165, 1.54) is 19.3 Å². The molecule has 1 heteroatoms. The van der Waals surface area contributed by atoms with Crippen LogP contribution < -0.4 is 0 Å². The van der Waals surface area contributed by atoms with Gasteiger partial charge in [0.25, 0.3) is 0 Å². The maximum absolute atomic E-state index is 10.1. The van der Waals surface area contributed by atoms with E-state index >= 15 is 0 Å². The second kappa shape index (κ2) is 2.30. The van der Waals surface area contributed by atoms with E-state index in [2.05, 4.69) is 5.92 Å². The van der Waals surface area contributed by atoms with Gasteiger partial charge in [-0.3, -0.25) is 0 Å². The van der Waals surface area contributed by atoms with Crippen molar-refractivity contribution in [3.8, 4) is 12.3 Å². The van der Waals surface area contributed by atoms with Gasteiger partial charge in [0.1, 0.15) is 0 Å². The first kappa shape index (κ1) is 7.88. The van der Waals surface area contributed by atoms with Crippen LogP contribution in [0, 0.1) is 35.5 Å². The summed E-state index contributed by atoms with van der Waals surface area (Å²) in [6, 6.07) is 0. The van der Waals surface area contributed by atoms with Crippen molar-refractivity contribution in [2.75, 3.05) is 0 Å². The van der Waals surface area contributed by atoms with Gasteiger partial charge in [-0.25, -0.2) is 0 Å². The zero-order chi connectivity index (χ0) is 9.05. The first-order valence-electron chi connectivity index (χ1n) is 5.39. The zero-order valence-corrected chi connectivity index (χ0v) is 7.87. The summed E-state index contributed by atoms with van der Waals surface area (Å²) in [5.74, 6) is 5.10. The standard InChI is InChI=1S/C12H16O/c1-2-12-6-8-3-9(7-12)5-10(4-8)11(12)13/h1,8-11,13H,3-7H2. The van der Waals surface area contributed by atoms with Gasteiger partial charge in [0.2, 0.25) is 0 Å². The van der Waals surface area contributed by atoms with Gasteiger partial charge in [-0.2, -0.15) is 0 Å². The molecule has 0 aliphatic heterocycles. The fourth-order valence-corrected chi connectivity index (χ4v) is 4.22. The topological polar surface area (TPSA) is 20.2 Å². The van der Waals surface area contributed by atoms with Crippen molar-refractivity contribution in [1.82, 2.24) is 0 Å². The molecule has 0 aromatic carbocycles. The monoisotopic (exact) mass is 176 g/mol. The quantitative estimate of drug-likeness (QED) is 0.558. The van der Waals surface area contributed by atoms with E-state index in [1.54, 1.807) is 0 Å². The van der Waals surface area contributed by atoms with Gasteiger partial charge < -0.3 is 5.11 Å². The minimum absolute atomic E-state index is 0.116. The predicted molar refractivity (Wildman–Crippen MR) is 50.8 cm³/mol. The number of aliphatic hydroxyl groups is 1. The summed E-state index contributed by atoms with van der Waals surface area (Å²) in [6.07, 6.45) is 11.5. The largest absolute Gasteiger partial charge is 0.391 e. The Bertz CT molecular complexity index is 261. The molecule has 1 N–H and O–H groups in total. The van der Waals surface area contributed by atoms with Gasteiger partial charge in [0.15, 0.2) is 0 Å². The molecule has 0 radical (unpaired) electrons. The van der Waals surface area contributed by atoms with Crippen LogP contribution in [-0.2, 0) is 0 Å². The molecule has 0 aromatic rings. The van der Waals surface area contributed by atoms with Crippen molar-refractivity contribution in [2.24, 2.45) is 23.2 Å². The number of terminal acetylenes is 1. The summed E-state index contributed by atoms with van der Waals surface area (Å²) in [5.41, 5.74) is -0.116. The van der Waals surface area contributed by atoms with E-state index in [0.717, 1.165) is 24.7 Å². The van der Waals surface area contributed by atoms with Crippen LogP contribution in [0.3, 0.4) is 0 Å². The van der Waals surface area contributed by atoms with E-state index < -0.39 is 0 Å². The fourth-order valence-electron chi connectivity index (χ4n) is 4.22. The minimum atomic E-state index is -0.190. The maximum atomic E-state index is 10.1. The highest BCUT2D eigenvalue weighted by atomic mass is 16.3. The van der Waals surface area contributed by atoms with Gasteiger partial charge >= 0.3 is 0 Å². The molecular weight excluding hydrogens is 160 g/mol. The second-order valence-corrected chi connectivity index (χ2v) is 5.35. The van der Waals surface area contributed by atoms with E-state index in [9.17, 15) is 5.11 Å². The second-order valence-electron chi connectivity index (χ2n) is 5.35. The highest BCUT2D eigenvalue weighted by molar-refractivity contribution is 5.18. The van der Waals surface area contributed by atoms with Crippen molar-refractivity contribution in [3.63, 3.8) is 0 Å². The fraction of sp³-hybridized carbons (Fsp3) is 0.833. The molecular formula is C12H16O. The summed E-state index contributed by atoms with van der Waals surface area (Å²) < 4.78 is 0. The molecule has 70 valence electrons. The highest BCUT2D eigenvalue weighted by Gasteiger charge is 2.55. The third kappa shape index (κ3) is 0.876. The molecule has 4 rings (SSSR count). The molecule has 4 saturated carbocycles. The lowest BCUT2D eigenvalue weighted by Gasteiger charge is -2.57. The first-order chi connectivity index (χ1) is 6.23. The number of hydrogen-bond acceptors (Lipinski definition) is 1. The normalized spacial score (nSPS) is 57.8. The number of rotatable bonds is 0. The third-order valence-corrected chi connectivity index (χ3v) is 4.54. The summed E-state index contributed by atoms with van der Waals surface area (Å²) in [7, 11) is 0. The maximum Gasteiger partial charge on any atom is 0.0734 e. The molecule has 3 unspecified atom stereocenters. The van der Waals surface area contributed by atoms with Crippen LogP contribution in [0.5, 0.6) is 0 Å². The lowest BCUT2D eigenvalue weighted by atomic mass is 9.48. The summed E-state index contributed by atoms with van der Waals surface area (Å²) >= 11 is 0. The van der Waals surface area contributed by atoms with Gasteiger partial charge in [0, 0.05) is 0 Å². The predicted octanol–water partition coefficient (Wildman–Crippen LogP) is 1.81. The average molecular weight is 176 g/mol. The molecule has 0 aromatic heterocycles. The molecule has 4 fully saturated rings. The zero-order valence-electron chi connectivity index (χ0n) is 7.87. The lowest BCUT2D eigenvalue weighted by Crippen LogP contribution is -2.55. The first-order valence-corrected chi connectivity index (χ1v) is 5.39. The number of hydrogen-bond donors (Lipinski definition) is 1. The smallest absolute Gasteiger partial charge is 0.0734 e. The van der Waals surface area contributed by atoms with Gasteiger partial charge in [-0.15, -0.1) is 6.42 Å². The van der Waals surface area contributed by atoms with Crippen LogP contribution in [0.15, 0.2) is 0 Å². The van der Waals surface area contributed by atoms with Crippen LogP contribution in [0.25, 0.3) is 0 Å². The van der Waals surface area contributed by atoms with E-state index in [0.29, 0.717) is 5.92 Å². The Labute approximate surface area is 79.5 Å². The molecule has 3 atom stereocenters. The minimum Gasteiger partial charge on any atom is -0.391 e. The Hall–Kier alpha value is -0.480. The molecule has 4 aliphatic carbocycles. The molecule has 4 bridgehead atoms. The van der Waals surface area contributed by atoms with E-state index in [-0.39, 0.29) is 11.5 Å². The molecule has 0 amide bonds. The summed E-state index contributed by atoms with van der Waals surface area (Å²) in [5, 5.41) is 10.1. The summed E-state index contributed by atoms with van der Waals surface area (Å²) in [6.45, 7) is 0. The van der Waals surface area contributed by atoms with Crippen molar-refractivity contribution in [1.29, 1.82) is 0 Å². The molecule has 1 nitrogen and oxygen atoms in total. The summed E-state index contributed by atoms with van der Waals surface area (Å²) in [4.78, 5) is 0. The van der Waals surface area contributed by atoms with Gasteiger partial charge in [-0.1, -0.05) is 5.92 Å². The molecule has 4 aliphatic rings. The Morgan fingerprint density at radius 1 is 1.15 bits per heavy atom. The van der Waals surface area contributed by atoms with Crippen LogP contribution in [0.2, 0.25) is 0 Å². The molecule has 0 spiro atoms. The molecule has 0 saturated heterocycles. The van der Waals surface area contributed by atoms with E-state index in [4.69, 9.17) is 6.42 Å². The Kier molecular flexibility index (Phi) is 1.40. The SMILES string of the molecule is C#CC12CC3CC(CC(C3)C1O)C2. The molecule has 13 heavy (non-hydrogen) atoms. The van der Waals surface area contributed by atoms with Crippen molar-refractivity contribution in [2.45, 2.75) is 38.2 Å². The van der Waals surface area contributed by atoms with Crippen molar-refractivity contribution in [3.05, 3.63) is 0 Å². The van der Waals surface area contributed by atoms with Crippen LogP contribution in [-0.4, -0.2) is 11.2 Å². The third-order valence-electron chi connectivity index (χ3n) is 4.54. The highest BCUT2D eigenvalue weighted by Crippen LogP contribution is 2.59. The molecule has 0 heterocycles. The Balaban J connectivity index is 2.01. The van der Waals surface area contributed by atoms with E-state index in [1.807, 2.05) is 0 Å². The Morgan fingerprint density at radius 2 is 1.77 bits per heavy atom. The van der Waals surface area contributed by atoms with Gasteiger partial charge in [-0.05, 0) is 49.9 Å².